The lowest BCUT2D eigenvalue weighted by Gasteiger charge is -2.32. The molecule has 0 atom stereocenters. The maximum absolute atomic E-state index is 12.4. The van der Waals surface area contributed by atoms with Crippen LogP contribution in [0.2, 0.25) is 0 Å². The van der Waals surface area contributed by atoms with Gasteiger partial charge in [-0.2, -0.15) is 39.5 Å². The minimum Gasteiger partial charge on any atom is -0.461 e. The van der Waals surface area contributed by atoms with Gasteiger partial charge in [-0.05, 0) is 0 Å². The second kappa shape index (κ2) is 4.26. The van der Waals surface area contributed by atoms with Gasteiger partial charge in [-0.3, -0.25) is 4.79 Å². The Balaban J connectivity index is 5.31. The predicted molar refractivity (Wildman–Crippen MR) is 32.9 cm³/mol. The molecule has 0 amide bonds. The van der Waals surface area contributed by atoms with Gasteiger partial charge in [-0.15, -0.1) is 0 Å². The van der Waals surface area contributed by atoms with Crippen LogP contribution < -0.4 is 0 Å². The van der Waals surface area contributed by atoms with Gasteiger partial charge in [0.25, 0.3) is 6.47 Å². The summed E-state index contributed by atoms with van der Waals surface area (Å²) in [4.78, 5) is 9.41. The van der Waals surface area contributed by atoms with E-state index >= 15 is 0 Å². The summed E-state index contributed by atoms with van der Waals surface area (Å²) in [5.41, 5.74) is 0. The Morgan fingerprint density at radius 3 is 1.53 bits per heavy atom. The van der Waals surface area contributed by atoms with Gasteiger partial charge in [0.2, 0.25) is 0 Å². The predicted octanol–water partition coefficient (Wildman–Crippen LogP) is 2.63. The average Bonchev–Trinajstić information content (AvgIpc) is 2.12. The van der Waals surface area contributed by atoms with Gasteiger partial charge in [0.15, 0.2) is 6.61 Å². The zero-order chi connectivity index (χ0) is 14.1. The molecule has 0 rings (SSSR count). The van der Waals surface area contributed by atoms with E-state index in [1.54, 1.807) is 0 Å². The van der Waals surface area contributed by atoms with E-state index in [4.69, 9.17) is 0 Å². The fraction of sp³-hybridized carbons (Fsp3) is 0.833. The van der Waals surface area contributed by atoms with Crippen LogP contribution in [0.25, 0.3) is 0 Å². The van der Waals surface area contributed by atoms with Crippen molar-refractivity contribution in [2.45, 2.75) is 23.9 Å². The average molecular weight is 278 g/mol. The second-order valence-corrected chi connectivity index (χ2v) is 2.76. The molecular formula is C6H3F9O2. The van der Waals surface area contributed by atoms with E-state index in [0.717, 1.165) is 0 Å². The highest BCUT2D eigenvalue weighted by Crippen LogP contribution is 2.52. The number of carbonyl (C=O) groups excluding carboxylic acids is 1. The lowest BCUT2D eigenvalue weighted by atomic mass is 10.0. The number of carbonyl (C=O) groups is 1. The third-order valence-electron chi connectivity index (χ3n) is 1.54. The zero-order valence-electron chi connectivity index (χ0n) is 7.50. The summed E-state index contributed by atoms with van der Waals surface area (Å²) in [6, 6.07) is 0. The number of alkyl halides is 9. The smallest absolute Gasteiger partial charge is 0.460 e. The van der Waals surface area contributed by atoms with Gasteiger partial charge >= 0.3 is 23.9 Å². The fourth-order valence-corrected chi connectivity index (χ4v) is 0.637. The van der Waals surface area contributed by atoms with E-state index < -0.39 is 37.0 Å². The molecule has 0 unspecified atom stereocenters. The molecule has 0 aliphatic rings. The first-order valence-electron chi connectivity index (χ1n) is 3.56. The molecule has 0 aromatic heterocycles. The molecule has 0 N–H and O–H groups in total. The van der Waals surface area contributed by atoms with Crippen LogP contribution in [0.4, 0.5) is 39.5 Å². The van der Waals surface area contributed by atoms with Crippen LogP contribution in [0.15, 0.2) is 0 Å². The fourth-order valence-electron chi connectivity index (χ4n) is 0.637. The molecule has 0 aliphatic carbocycles. The van der Waals surface area contributed by atoms with Crippen molar-refractivity contribution < 1.29 is 49.0 Å². The minimum atomic E-state index is -6.96. The van der Waals surface area contributed by atoms with Crippen LogP contribution in [0, 0.1) is 0 Å². The molecule has 2 nitrogen and oxygen atoms in total. The lowest BCUT2D eigenvalue weighted by molar-refractivity contribution is -0.398. The summed E-state index contributed by atoms with van der Waals surface area (Å²) >= 11 is 0. The Morgan fingerprint density at radius 2 is 1.24 bits per heavy atom. The first-order valence-corrected chi connectivity index (χ1v) is 3.56. The van der Waals surface area contributed by atoms with Crippen LogP contribution in [0.3, 0.4) is 0 Å². The number of rotatable bonds is 5. The van der Waals surface area contributed by atoms with Crippen LogP contribution in [0.1, 0.15) is 0 Å². The van der Waals surface area contributed by atoms with E-state index in [1.807, 2.05) is 0 Å². The molecule has 0 heterocycles. The molecule has 0 saturated carbocycles. The van der Waals surface area contributed by atoms with Gasteiger partial charge in [0.05, 0.1) is 0 Å². The van der Waals surface area contributed by atoms with E-state index in [0.29, 0.717) is 0 Å². The molecule has 0 saturated heterocycles. The Morgan fingerprint density at radius 1 is 0.824 bits per heavy atom. The quantitative estimate of drug-likeness (QED) is 0.571. The largest absolute Gasteiger partial charge is 0.461 e. The molecule has 0 radical (unpaired) electrons. The maximum Gasteiger partial charge on any atom is 0.460 e. The third kappa shape index (κ3) is 2.57. The Bertz CT molecular complexity index is 282. The standard InChI is InChI=1S/C6H3F9O2/c7-3(8,1-17-2-16)4(9,10)5(11,12)6(13,14)15/h2H,1H2. The van der Waals surface area contributed by atoms with Crippen molar-refractivity contribution in [2.75, 3.05) is 6.61 Å². The van der Waals surface area contributed by atoms with Crippen LogP contribution >= 0.6 is 0 Å². The summed E-state index contributed by atoms with van der Waals surface area (Å²) in [5.74, 6) is -19.6. The van der Waals surface area contributed by atoms with Gasteiger partial charge in [0.1, 0.15) is 0 Å². The minimum absolute atomic E-state index is 0.796. The molecular weight excluding hydrogens is 275 g/mol. The highest BCUT2D eigenvalue weighted by Gasteiger charge is 2.81. The molecule has 17 heavy (non-hydrogen) atoms. The summed E-state index contributed by atoms with van der Waals surface area (Å²) < 4.78 is 111. The maximum atomic E-state index is 12.4. The molecule has 0 aromatic carbocycles. The zero-order valence-corrected chi connectivity index (χ0v) is 7.50. The van der Waals surface area contributed by atoms with Crippen molar-refractivity contribution in [1.82, 2.24) is 0 Å². The number of halogens is 9. The van der Waals surface area contributed by atoms with Gasteiger partial charge in [-0.1, -0.05) is 0 Å². The molecule has 0 bridgehead atoms. The SMILES string of the molecule is O=COCC(F)(F)C(F)(F)C(F)(F)C(F)(F)F. The van der Waals surface area contributed by atoms with E-state index in [-0.39, 0.29) is 0 Å². The second-order valence-electron chi connectivity index (χ2n) is 2.76. The van der Waals surface area contributed by atoms with Crippen molar-refractivity contribution >= 4 is 6.47 Å². The van der Waals surface area contributed by atoms with E-state index in [2.05, 4.69) is 4.74 Å². The number of ether oxygens (including phenoxy) is 1. The van der Waals surface area contributed by atoms with Gasteiger partial charge in [0, 0.05) is 0 Å². The van der Waals surface area contributed by atoms with Gasteiger partial charge in [-0.25, -0.2) is 0 Å². The number of hydrogen-bond donors (Lipinski definition) is 0. The summed E-state index contributed by atoms with van der Waals surface area (Å²) in [7, 11) is 0. The topological polar surface area (TPSA) is 26.3 Å². The third-order valence-corrected chi connectivity index (χ3v) is 1.54. The summed E-state index contributed by atoms with van der Waals surface area (Å²) in [6.45, 7) is -3.40. The number of hydrogen-bond acceptors (Lipinski definition) is 2. The van der Waals surface area contributed by atoms with Crippen molar-refractivity contribution in [1.29, 1.82) is 0 Å². The molecule has 11 heteroatoms. The van der Waals surface area contributed by atoms with Crippen molar-refractivity contribution in [3.8, 4) is 0 Å². The molecule has 0 fully saturated rings. The summed E-state index contributed by atoms with van der Waals surface area (Å²) in [5, 5.41) is 0. The first kappa shape index (κ1) is 15.8. The monoisotopic (exact) mass is 278 g/mol. The Kier molecular flexibility index (Phi) is 3.97. The van der Waals surface area contributed by atoms with Gasteiger partial charge < -0.3 is 4.74 Å². The molecule has 0 aromatic rings. The Labute approximate surface area is 87.3 Å². The van der Waals surface area contributed by atoms with E-state index in [9.17, 15) is 44.3 Å². The molecule has 0 spiro atoms. The Hall–Kier alpha value is -1.16. The van der Waals surface area contributed by atoms with Crippen LogP contribution in [0.5, 0.6) is 0 Å². The highest BCUT2D eigenvalue weighted by molar-refractivity contribution is 5.37. The highest BCUT2D eigenvalue weighted by atomic mass is 19.4. The van der Waals surface area contributed by atoms with Crippen molar-refractivity contribution in [2.24, 2.45) is 0 Å². The van der Waals surface area contributed by atoms with Crippen molar-refractivity contribution in [3.05, 3.63) is 0 Å². The van der Waals surface area contributed by atoms with Crippen molar-refractivity contribution in [3.63, 3.8) is 0 Å². The molecule has 0 aliphatic heterocycles. The van der Waals surface area contributed by atoms with E-state index in [1.165, 1.54) is 0 Å². The first-order chi connectivity index (χ1) is 7.31. The van der Waals surface area contributed by atoms with Crippen LogP contribution in [-0.4, -0.2) is 37.0 Å². The normalized spacial score (nSPS) is 14.6. The molecule has 102 valence electrons. The van der Waals surface area contributed by atoms with Crippen LogP contribution in [-0.2, 0) is 9.53 Å². The summed E-state index contributed by atoms with van der Waals surface area (Å²) in [6.07, 6.45) is -6.87. The lowest BCUT2D eigenvalue weighted by Crippen LogP contribution is -2.62.